The van der Waals surface area contributed by atoms with Gasteiger partial charge >= 0.3 is 5.97 Å². The van der Waals surface area contributed by atoms with Gasteiger partial charge in [-0.15, -0.1) is 0 Å². The maximum atomic E-state index is 11.0. The van der Waals surface area contributed by atoms with E-state index in [0.29, 0.717) is 18.8 Å². The van der Waals surface area contributed by atoms with Crippen LogP contribution in [0.25, 0.3) is 0 Å². The van der Waals surface area contributed by atoms with Crippen LogP contribution >= 0.6 is 0 Å². The number of hydrogen-bond acceptors (Lipinski definition) is 5. The third-order valence-corrected chi connectivity index (χ3v) is 2.49. The molecule has 0 radical (unpaired) electrons. The van der Waals surface area contributed by atoms with Crippen molar-refractivity contribution in [3.05, 3.63) is 12.3 Å². The maximum Gasteiger partial charge on any atom is 0.326 e. The molecule has 1 atom stereocenters. The van der Waals surface area contributed by atoms with Crippen LogP contribution in [0.3, 0.4) is 0 Å². The van der Waals surface area contributed by atoms with Crippen LogP contribution < -0.4 is 10.6 Å². The van der Waals surface area contributed by atoms with Crippen LogP contribution in [-0.2, 0) is 4.79 Å². The molecule has 0 unspecified atom stereocenters. The van der Waals surface area contributed by atoms with Crippen molar-refractivity contribution in [1.82, 2.24) is 9.97 Å². The number of aromatic nitrogens is 2. The van der Waals surface area contributed by atoms with Gasteiger partial charge in [0.25, 0.3) is 0 Å². The van der Waals surface area contributed by atoms with Crippen molar-refractivity contribution in [3.63, 3.8) is 0 Å². The first-order valence-electron chi connectivity index (χ1n) is 4.76. The zero-order valence-corrected chi connectivity index (χ0v) is 8.13. The number of carboxylic acids is 1. The number of aliphatic carboxylic acids is 1. The number of nitrogens with two attached hydrogens (primary N) is 1. The van der Waals surface area contributed by atoms with Crippen LogP contribution in [0.2, 0.25) is 0 Å². The number of hydrogen-bond donors (Lipinski definition) is 2. The van der Waals surface area contributed by atoms with Gasteiger partial charge in [0.15, 0.2) is 0 Å². The Morgan fingerprint density at radius 1 is 1.67 bits per heavy atom. The molecule has 0 aliphatic carbocycles. The second-order valence-corrected chi connectivity index (χ2v) is 3.46. The van der Waals surface area contributed by atoms with Gasteiger partial charge in [0.1, 0.15) is 11.9 Å². The average molecular weight is 208 g/mol. The van der Waals surface area contributed by atoms with Crippen molar-refractivity contribution in [1.29, 1.82) is 0 Å². The second kappa shape index (κ2) is 3.72. The Labute approximate surface area is 86.7 Å². The first-order chi connectivity index (χ1) is 7.18. The molecular weight excluding hydrogens is 196 g/mol. The summed E-state index contributed by atoms with van der Waals surface area (Å²) < 4.78 is 0. The van der Waals surface area contributed by atoms with Crippen LogP contribution in [0, 0.1) is 0 Å². The smallest absolute Gasteiger partial charge is 0.326 e. The monoisotopic (exact) mass is 208 g/mol. The Kier molecular flexibility index (Phi) is 2.40. The van der Waals surface area contributed by atoms with E-state index in [0.717, 1.165) is 6.42 Å². The normalized spacial score (nSPS) is 20.5. The van der Waals surface area contributed by atoms with Gasteiger partial charge < -0.3 is 15.7 Å². The second-order valence-electron chi connectivity index (χ2n) is 3.46. The van der Waals surface area contributed by atoms with E-state index in [1.165, 1.54) is 6.20 Å². The summed E-state index contributed by atoms with van der Waals surface area (Å²) in [6.07, 6.45) is 3.05. The molecule has 0 bridgehead atoms. The molecule has 3 N–H and O–H groups in total. The van der Waals surface area contributed by atoms with Gasteiger partial charge in [-0.25, -0.2) is 9.78 Å². The van der Waals surface area contributed by atoms with Gasteiger partial charge in [-0.3, -0.25) is 0 Å². The fraction of sp³-hybridized carbons (Fsp3) is 0.444. The van der Waals surface area contributed by atoms with E-state index in [9.17, 15) is 4.79 Å². The molecule has 1 aliphatic rings. The molecule has 0 saturated carbocycles. The van der Waals surface area contributed by atoms with Gasteiger partial charge in [-0.1, -0.05) is 0 Å². The minimum absolute atomic E-state index is 0.170. The van der Waals surface area contributed by atoms with Crippen molar-refractivity contribution in [2.24, 2.45) is 0 Å². The van der Waals surface area contributed by atoms with Gasteiger partial charge in [-0.05, 0) is 18.9 Å². The molecule has 0 amide bonds. The Balaban J connectivity index is 2.26. The Morgan fingerprint density at radius 2 is 2.47 bits per heavy atom. The summed E-state index contributed by atoms with van der Waals surface area (Å²) >= 11 is 0. The van der Waals surface area contributed by atoms with Gasteiger partial charge in [0.05, 0.1) is 0 Å². The van der Waals surface area contributed by atoms with Crippen LogP contribution in [0.4, 0.5) is 11.8 Å². The molecule has 15 heavy (non-hydrogen) atoms. The number of rotatable bonds is 2. The van der Waals surface area contributed by atoms with Crippen LogP contribution in [0.5, 0.6) is 0 Å². The first kappa shape index (κ1) is 9.70. The standard InChI is InChI=1S/C9H12N4O2/c10-9-11-4-3-7(12-9)13-5-1-2-6(13)8(14)15/h3-4,6H,1-2,5H2,(H,14,15)(H2,10,11,12)/t6-/m0/s1. The Hall–Kier alpha value is -1.85. The summed E-state index contributed by atoms with van der Waals surface area (Å²) in [5.74, 6) is -0.0550. The quantitative estimate of drug-likeness (QED) is 0.716. The van der Waals surface area contributed by atoms with Gasteiger partial charge in [0, 0.05) is 12.7 Å². The molecule has 6 heteroatoms. The number of anilines is 2. The highest BCUT2D eigenvalue weighted by atomic mass is 16.4. The number of carboxylic acid groups (broad SMARTS) is 1. The predicted molar refractivity (Wildman–Crippen MR) is 54.4 cm³/mol. The van der Waals surface area contributed by atoms with E-state index < -0.39 is 12.0 Å². The van der Waals surface area contributed by atoms with Gasteiger partial charge in [-0.2, -0.15) is 4.98 Å². The molecule has 6 nitrogen and oxygen atoms in total. The Morgan fingerprint density at radius 3 is 3.13 bits per heavy atom. The van der Waals surface area contributed by atoms with E-state index in [4.69, 9.17) is 10.8 Å². The van der Waals surface area contributed by atoms with E-state index in [1.807, 2.05) is 0 Å². The van der Waals surface area contributed by atoms with Crippen molar-refractivity contribution in [2.75, 3.05) is 17.2 Å². The highest BCUT2D eigenvalue weighted by Crippen LogP contribution is 2.23. The largest absolute Gasteiger partial charge is 0.480 e. The molecule has 2 rings (SSSR count). The highest BCUT2D eigenvalue weighted by molar-refractivity contribution is 5.78. The summed E-state index contributed by atoms with van der Waals surface area (Å²) in [6.45, 7) is 0.702. The minimum Gasteiger partial charge on any atom is -0.480 e. The topological polar surface area (TPSA) is 92.3 Å². The molecule has 0 spiro atoms. The third kappa shape index (κ3) is 1.83. The zero-order valence-electron chi connectivity index (χ0n) is 8.13. The molecular formula is C9H12N4O2. The van der Waals surface area contributed by atoms with Crippen LogP contribution in [-0.4, -0.2) is 33.6 Å². The molecule has 2 heterocycles. The molecule has 1 aromatic rings. The molecule has 1 saturated heterocycles. The predicted octanol–water partition coefficient (Wildman–Crippen LogP) is 0.112. The highest BCUT2D eigenvalue weighted by Gasteiger charge is 2.31. The van der Waals surface area contributed by atoms with E-state index in [2.05, 4.69) is 9.97 Å². The van der Waals surface area contributed by atoms with Crippen molar-refractivity contribution < 1.29 is 9.90 Å². The summed E-state index contributed by atoms with van der Waals surface area (Å²) in [7, 11) is 0. The third-order valence-electron chi connectivity index (χ3n) is 2.49. The number of nitrogens with zero attached hydrogens (tertiary/aromatic N) is 3. The lowest BCUT2D eigenvalue weighted by molar-refractivity contribution is -0.138. The summed E-state index contributed by atoms with van der Waals surface area (Å²) in [5.41, 5.74) is 5.45. The average Bonchev–Trinajstić information content (AvgIpc) is 2.65. The van der Waals surface area contributed by atoms with E-state index in [1.54, 1.807) is 11.0 Å². The fourth-order valence-electron chi connectivity index (χ4n) is 1.82. The molecule has 0 aromatic carbocycles. The lowest BCUT2D eigenvalue weighted by Crippen LogP contribution is -2.36. The molecule has 80 valence electrons. The van der Waals surface area contributed by atoms with E-state index in [-0.39, 0.29) is 5.95 Å². The zero-order chi connectivity index (χ0) is 10.8. The fourth-order valence-corrected chi connectivity index (χ4v) is 1.82. The maximum absolute atomic E-state index is 11.0. The number of nitrogen functional groups attached to an aromatic ring is 1. The summed E-state index contributed by atoms with van der Waals surface area (Å²) in [4.78, 5) is 20.5. The number of carbonyl (C=O) groups is 1. The Bertz CT molecular complexity index is 382. The molecule has 1 fully saturated rings. The van der Waals surface area contributed by atoms with Crippen molar-refractivity contribution in [2.45, 2.75) is 18.9 Å². The van der Waals surface area contributed by atoms with Crippen molar-refractivity contribution >= 4 is 17.7 Å². The SMILES string of the molecule is Nc1nccc(N2CCC[C@H]2C(=O)O)n1. The summed E-state index contributed by atoms with van der Waals surface area (Å²) in [5, 5.41) is 9.00. The van der Waals surface area contributed by atoms with Gasteiger partial charge in [0.2, 0.25) is 5.95 Å². The molecule has 1 aliphatic heterocycles. The van der Waals surface area contributed by atoms with E-state index >= 15 is 0 Å². The van der Waals surface area contributed by atoms with Crippen LogP contribution in [0.1, 0.15) is 12.8 Å². The molecule has 1 aromatic heterocycles. The lowest BCUT2D eigenvalue weighted by Gasteiger charge is -2.22. The minimum atomic E-state index is -0.815. The summed E-state index contributed by atoms with van der Waals surface area (Å²) in [6, 6.07) is 1.19. The first-order valence-corrected chi connectivity index (χ1v) is 4.76. The lowest BCUT2D eigenvalue weighted by atomic mass is 10.2. The van der Waals surface area contributed by atoms with Crippen molar-refractivity contribution in [3.8, 4) is 0 Å². The van der Waals surface area contributed by atoms with Crippen LogP contribution in [0.15, 0.2) is 12.3 Å².